The number of H-pyrrole nitrogens is 1. The number of hydrogen-bond acceptors (Lipinski definition) is 4. The largest absolute Gasteiger partial charge is 0.444 e. The molecule has 0 atom stereocenters. The van der Waals surface area contributed by atoms with Gasteiger partial charge in [0, 0.05) is 43.5 Å². The summed E-state index contributed by atoms with van der Waals surface area (Å²) in [5, 5.41) is 4.76. The van der Waals surface area contributed by atoms with E-state index in [1.165, 1.54) is 5.56 Å². The smallest absolute Gasteiger partial charge is 0.410 e. The van der Waals surface area contributed by atoms with Crippen LogP contribution in [0.15, 0.2) is 24.5 Å². The summed E-state index contributed by atoms with van der Waals surface area (Å²) in [7, 11) is 0. The second kappa shape index (κ2) is 6.81. The lowest BCUT2D eigenvalue weighted by molar-refractivity contribution is 0.0198. The highest BCUT2D eigenvalue weighted by molar-refractivity contribution is 5.79. The lowest BCUT2D eigenvalue weighted by Gasteiger charge is -2.33. The number of nitrogens with zero attached hydrogens (tertiary/aromatic N) is 2. The molecule has 0 aliphatic carbocycles. The summed E-state index contributed by atoms with van der Waals surface area (Å²) in [5.74, 6) is 0. The average Bonchev–Trinajstić information content (AvgIpc) is 2.95. The molecule has 3 heterocycles. The first-order valence-corrected chi connectivity index (χ1v) is 8.55. The minimum atomic E-state index is -0.435. The number of piperidine rings is 1. The van der Waals surface area contributed by atoms with Gasteiger partial charge in [-0.05, 0) is 51.3 Å². The van der Waals surface area contributed by atoms with E-state index in [9.17, 15) is 4.79 Å². The van der Waals surface area contributed by atoms with Crippen molar-refractivity contribution in [2.24, 2.45) is 0 Å². The molecule has 1 fully saturated rings. The maximum Gasteiger partial charge on any atom is 0.410 e. The topological polar surface area (TPSA) is 70.2 Å². The number of carbonyl (C=O) groups excluding carboxylic acids is 1. The molecule has 1 amide bonds. The Bertz CT molecular complexity index is 696. The summed E-state index contributed by atoms with van der Waals surface area (Å²) >= 11 is 0. The number of aromatic amines is 1. The highest BCUT2D eigenvalue weighted by atomic mass is 16.6. The molecule has 3 rings (SSSR count). The van der Waals surface area contributed by atoms with Crippen molar-refractivity contribution in [3.63, 3.8) is 0 Å². The summed E-state index contributed by atoms with van der Waals surface area (Å²) in [4.78, 5) is 21.4. The Labute approximate surface area is 142 Å². The van der Waals surface area contributed by atoms with Gasteiger partial charge in [-0.1, -0.05) is 0 Å². The normalized spacial score (nSPS) is 16.5. The first-order valence-electron chi connectivity index (χ1n) is 8.55. The molecule has 0 saturated carbocycles. The van der Waals surface area contributed by atoms with E-state index in [1.807, 2.05) is 33.0 Å². The maximum atomic E-state index is 12.1. The van der Waals surface area contributed by atoms with Gasteiger partial charge in [0.1, 0.15) is 11.2 Å². The second-order valence-corrected chi connectivity index (χ2v) is 7.34. The molecule has 2 aromatic rings. The third-order valence-corrected chi connectivity index (χ3v) is 4.26. The van der Waals surface area contributed by atoms with Crippen LogP contribution in [0, 0.1) is 0 Å². The Morgan fingerprint density at radius 3 is 2.88 bits per heavy atom. The minimum absolute atomic E-state index is 0.205. The van der Waals surface area contributed by atoms with Gasteiger partial charge in [-0.25, -0.2) is 9.78 Å². The highest BCUT2D eigenvalue weighted by Crippen LogP contribution is 2.18. The summed E-state index contributed by atoms with van der Waals surface area (Å²) in [6.07, 6.45) is 5.49. The molecule has 0 radical (unpaired) electrons. The van der Waals surface area contributed by atoms with Crippen LogP contribution in [0.5, 0.6) is 0 Å². The number of ether oxygens (including phenoxy) is 1. The predicted octanol–water partition coefficient (Wildman–Crippen LogP) is 3.05. The van der Waals surface area contributed by atoms with Crippen molar-refractivity contribution in [1.82, 2.24) is 20.2 Å². The van der Waals surface area contributed by atoms with E-state index < -0.39 is 5.60 Å². The zero-order valence-electron chi connectivity index (χ0n) is 14.6. The SMILES string of the molecule is CC(C)(C)OC(=O)N1CCC(NCc2c[nH]c3ncccc23)CC1. The molecule has 1 aliphatic rings. The number of fused-ring (bicyclic) bond motifs is 1. The van der Waals surface area contributed by atoms with Gasteiger partial charge in [0.2, 0.25) is 0 Å². The molecular weight excluding hydrogens is 304 g/mol. The molecule has 0 aromatic carbocycles. The Morgan fingerprint density at radius 2 is 2.17 bits per heavy atom. The van der Waals surface area contributed by atoms with Crippen molar-refractivity contribution < 1.29 is 9.53 Å². The highest BCUT2D eigenvalue weighted by Gasteiger charge is 2.26. The Hall–Kier alpha value is -2.08. The van der Waals surface area contributed by atoms with Crippen molar-refractivity contribution in [1.29, 1.82) is 0 Å². The summed E-state index contributed by atoms with van der Waals surface area (Å²) in [5.41, 5.74) is 1.72. The number of amides is 1. The van der Waals surface area contributed by atoms with Crippen LogP contribution < -0.4 is 5.32 Å². The third kappa shape index (κ3) is 4.06. The monoisotopic (exact) mass is 330 g/mol. The number of pyridine rings is 1. The van der Waals surface area contributed by atoms with Crippen molar-refractivity contribution in [2.75, 3.05) is 13.1 Å². The first-order chi connectivity index (χ1) is 11.4. The Balaban J connectivity index is 1.48. The van der Waals surface area contributed by atoms with Crippen LogP contribution in [-0.4, -0.2) is 45.7 Å². The zero-order valence-corrected chi connectivity index (χ0v) is 14.6. The molecule has 2 aromatic heterocycles. The van der Waals surface area contributed by atoms with Gasteiger partial charge in [0.15, 0.2) is 0 Å². The lowest BCUT2D eigenvalue weighted by Crippen LogP contribution is -2.46. The molecule has 130 valence electrons. The fourth-order valence-corrected chi connectivity index (χ4v) is 3.01. The molecule has 24 heavy (non-hydrogen) atoms. The molecule has 1 saturated heterocycles. The number of rotatable bonds is 3. The van der Waals surface area contributed by atoms with Gasteiger partial charge < -0.3 is 19.9 Å². The van der Waals surface area contributed by atoms with Gasteiger partial charge in [-0.15, -0.1) is 0 Å². The number of nitrogens with one attached hydrogen (secondary N) is 2. The summed E-state index contributed by atoms with van der Waals surface area (Å²) in [6, 6.07) is 4.46. The molecule has 2 N–H and O–H groups in total. The van der Waals surface area contributed by atoms with Crippen LogP contribution in [0.3, 0.4) is 0 Å². The van der Waals surface area contributed by atoms with Gasteiger partial charge in [-0.2, -0.15) is 0 Å². The van der Waals surface area contributed by atoms with E-state index in [4.69, 9.17) is 4.74 Å². The molecule has 6 heteroatoms. The summed E-state index contributed by atoms with van der Waals surface area (Å²) < 4.78 is 5.43. The standard InChI is InChI=1S/C18H26N4O2/c1-18(2,3)24-17(23)22-9-6-14(7-10-22)20-11-13-12-21-16-15(13)5-4-8-19-16/h4-5,8,12,14,20H,6-7,9-11H2,1-3H3,(H,19,21). The summed E-state index contributed by atoms with van der Waals surface area (Å²) in [6.45, 7) is 7.98. The van der Waals surface area contributed by atoms with Gasteiger partial charge in [0.25, 0.3) is 0 Å². The van der Waals surface area contributed by atoms with Crippen molar-refractivity contribution in [3.05, 3.63) is 30.1 Å². The minimum Gasteiger partial charge on any atom is -0.444 e. The number of carbonyl (C=O) groups is 1. The molecule has 0 bridgehead atoms. The van der Waals surface area contributed by atoms with Crippen LogP contribution >= 0.6 is 0 Å². The van der Waals surface area contributed by atoms with E-state index in [-0.39, 0.29) is 6.09 Å². The van der Waals surface area contributed by atoms with Crippen molar-refractivity contribution in [3.8, 4) is 0 Å². The number of hydrogen-bond donors (Lipinski definition) is 2. The Kier molecular flexibility index (Phi) is 4.76. The van der Waals surface area contributed by atoms with Crippen LogP contribution in [0.1, 0.15) is 39.2 Å². The van der Waals surface area contributed by atoms with Crippen LogP contribution in [-0.2, 0) is 11.3 Å². The van der Waals surface area contributed by atoms with Gasteiger partial charge >= 0.3 is 6.09 Å². The maximum absolute atomic E-state index is 12.1. The first kappa shape index (κ1) is 16.8. The molecule has 0 unspecified atom stereocenters. The van der Waals surface area contributed by atoms with Gasteiger partial charge in [0.05, 0.1) is 0 Å². The van der Waals surface area contributed by atoms with E-state index in [0.29, 0.717) is 6.04 Å². The average molecular weight is 330 g/mol. The van der Waals surface area contributed by atoms with Crippen LogP contribution in [0.2, 0.25) is 0 Å². The molecular formula is C18H26N4O2. The van der Waals surface area contributed by atoms with Crippen LogP contribution in [0.4, 0.5) is 4.79 Å². The molecule has 6 nitrogen and oxygen atoms in total. The fraction of sp³-hybridized carbons (Fsp3) is 0.556. The van der Waals surface area contributed by atoms with E-state index >= 15 is 0 Å². The van der Waals surface area contributed by atoms with E-state index in [2.05, 4.69) is 21.4 Å². The molecule has 0 spiro atoms. The second-order valence-electron chi connectivity index (χ2n) is 7.34. The third-order valence-electron chi connectivity index (χ3n) is 4.26. The zero-order chi connectivity index (χ0) is 17.2. The fourth-order valence-electron chi connectivity index (χ4n) is 3.01. The predicted molar refractivity (Wildman–Crippen MR) is 93.8 cm³/mol. The lowest BCUT2D eigenvalue weighted by atomic mass is 10.0. The Morgan fingerprint density at radius 1 is 1.42 bits per heavy atom. The van der Waals surface area contributed by atoms with Crippen LogP contribution in [0.25, 0.3) is 11.0 Å². The van der Waals surface area contributed by atoms with E-state index in [0.717, 1.165) is 43.5 Å². The number of likely N-dealkylation sites (tertiary alicyclic amines) is 1. The molecule has 1 aliphatic heterocycles. The van der Waals surface area contributed by atoms with Gasteiger partial charge in [-0.3, -0.25) is 0 Å². The van der Waals surface area contributed by atoms with Crippen molar-refractivity contribution >= 4 is 17.1 Å². The van der Waals surface area contributed by atoms with Crippen molar-refractivity contribution in [2.45, 2.75) is 51.8 Å². The number of aromatic nitrogens is 2. The quantitative estimate of drug-likeness (QED) is 0.907. The van der Waals surface area contributed by atoms with E-state index in [1.54, 1.807) is 11.1 Å².